The summed E-state index contributed by atoms with van der Waals surface area (Å²) in [6.45, 7) is 2.31. The number of thiazole rings is 1. The Morgan fingerprint density at radius 2 is 2.16 bits per heavy atom. The van der Waals surface area contributed by atoms with E-state index in [1.807, 2.05) is 42.9 Å². The number of amides is 2. The zero-order valence-corrected chi connectivity index (χ0v) is 15.3. The molecule has 1 aromatic carbocycles. The highest BCUT2D eigenvalue weighted by molar-refractivity contribution is 8.15. The molecule has 1 N–H and O–H groups in total. The smallest absolute Gasteiger partial charge is 0.289 e. The van der Waals surface area contributed by atoms with Crippen LogP contribution in [0.4, 0.5) is 4.79 Å². The molecule has 0 aliphatic carbocycles. The lowest BCUT2D eigenvalue weighted by atomic mass is 10.1. The monoisotopic (exact) mass is 371 g/mol. The molecule has 0 radical (unpaired) electrons. The van der Waals surface area contributed by atoms with Gasteiger partial charge in [-0.3, -0.25) is 14.5 Å². The number of aromatic nitrogens is 2. The predicted octanol–water partition coefficient (Wildman–Crippen LogP) is 4.13. The number of hydrogen-bond acceptors (Lipinski definition) is 5. The first-order valence-electron chi connectivity index (χ1n) is 8.09. The van der Waals surface area contributed by atoms with Gasteiger partial charge in [-0.05, 0) is 37.5 Å². The van der Waals surface area contributed by atoms with Crippen molar-refractivity contribution in [2.45, 2.75) is 31.6 Å². The normalized spacial score (nSPS) is 17.8. The van der Waals surface area contributed by atoms with Gasteiger partial charge in [-0.25, -0.2) is 4.98 Å². The number of nitrogens with one attached hydrogen (secondary N) is 1. The number of imide groups is 1. The van der Waals surface area contributed by atoms with Gasteiger partial charge in [-0.2, -0.15) is 0 Å². The molecule has 2 amide bonds. The van der Waals surface area contributed by atoms with Gasteiger partial charge in [0.1, 0.15) is 0 Å². The Kier molecular flexibility index (Phi) is 4.35. The molecule has 3 heterocycles. The number of hydrogen-bond donors (Lipinski definition) is 1. The maximum Gasteiger partial charge on any atom is 0.289 e. The molecule has 128 valence electrons. The molecule has 3 aromatic rings. The molecule has 1 saturated heterocycles. The quantitative estimate of drug-likeness (QED) is 0.732. The zero-order valence-electron chi connectivity index (χ0n) is 13.7. The fourth-order valence-electron chi connectivity index (χ4n) is 3.11. The maximum absolute atomic E-state index is 12.7. The molecule has 0 spiro atoms. The van der Waals surface area contributed by atoms with Gasteiger partial charge in [0.25, 0.3) is 5.24 Å². The Morgan fingerprint density at radius 1 is 1.28 bits per heavy atom. The molecular formula is C18H17N3O2S2. The molecule has 2 aromatic heterocycles. The van der Waals surface area contributed by atoms with E-state index >= 15 is 0 Å². The molecule has 1 aliphatic heterocycles. The van der Waals surface area contributed by atoms with E-state index in [1.165, 1.54) is 9.78 Å². The van der Waals surface area contributed by atoms with Crippen molar-refractivity contribution in [1.29, 1.82) is 0 Å². The standard InChI is InChI=1S/C18H17N3O2S2/c1-11-15(24-10-20-11)5-6-16-17(22)21(18(23)25-16)9-12-3-2-4-14-13(12)7-8-19-14/h2-4,7-8,10,16,19H,5-6,9H2,1H3. The third-order valence-corrected chi connectivity index (χ3v) is 6.64. The van der Waals surface area contributed by atoms with Crippen molar-refractivity contribution in [2.75, 3.05) is 0 Å². The summed E-state index contributed by atoms with van der Waals surface area (Å²) in [5.74, 6) is -0.0790. The van der Waals surface area contributed by atoms with Crippen LogP contribution in [0.5, 0.6) is 0 Å². The molecule has 1 aliphatic rings. The number of carbonyl (C=O) groups is 2. The van der Waals surface area contributed by atoms with E-state index in [0.717, 1.165) is 40.3 Å². The van der Waals surface area contributed by atoms with Gasteiger partial charge in [0.15, 0.2) is 0 Å². The van der Waals surface area contributed by atoms with Crippen molar-refractivity contribution >= 4 is 45.1 Å². The summed E-state index contributed by atoms with van der Waals surface area (Å²) in [7, 11) is 0. The van der Waals surface area contributed by atoms with Crippen molar-refractivity contribution in [3.8, 4) is 0 Å². The number of fused-ring (bicyclic) bond motifs is 1. The van der Waals surface area contributed by atoms with Crippen LogP contribution in [0.3, 0.4) is 0 Å². The van der Waals surface area contributed by atoms with Gasteiger partial charge in [0, 0.05) is 22.0 Å². The number of thioether (sulfide) groups is 1. The molecule has 1 unspecified atom stereocenters. The van der Waals surface area contributed by atoms with Crippen LogP contribution in [0.2, 0.25) is 0 Å². The number of nitrogens with zero attached hydrogens (tertiary/aromatic N) is 2. The van der Waals surface area contributed by atoms with Crippen molar-refractivity contribution in [3.63, 3.8) is 0 Å². The third kappa shape index (κ3) is 3.09. The first kappa shape index (κ1) is 16.4. The van der Waals surface area contributed by atoms with Gasteiger partial charge in [-0.15, -0.1) is 11.3 Å². The molecule has 0 saturated carbocycles. The minimum Gasteiger partial charge on any atom is -0.361 e. The van der Waals surface area contributed by atoms with Gasteiger partial charge >= 0.3 is 0 Å². The second-order valence-electron chi connectivity index (χ2n) is 6.05. The number of benzene rings is 1. The van der Waals surface area contributed by atoms with E-state index in [1.54, 1.807) is 11.3 Å². The molecule has 1 fully saturated rings. The van der Waals surface area contributed by atoms with Crippen LogP contribution in [0.1, 0.15) is 22.6 Å². The molecule has 7 heteroatoms. The summed E-state index contributed by atoms with van der Waals surface area (Å²) in [4.78, 5) is 35.0. The van der Waals surface area contributed by atoms with Gasteiger partial charge in [0.2, 0.25) is 5.91 Å². The summed E-state index contributed by atoms with van der Waals surface area (Å²) in [6.07, 6.45) is 3.33. The third-order valence-electron chi connectivity index (χ3n) is 4.50. The van der Waals surface area contributed by atoms with E-state index in [2.05, 4.69) is 9.97 Å². The number of rotatable bonds is 5. The van der Waals surface area contributed by atoms with Crippen LogP contribution < -0.4 is 0 Å². The van der Waals surface area contributed by atoms with E-state index < -0.39 is 0 Å². The van der Waals surface area contributed by atoms with Crippen LogP contribution in [-0.4, -0.2) is 31.3 Å². The Morgan fingerprint density at radius 3 is 2.96 bits per heavy atom. The lowest BCUT2D eigenvalue weighted by Crippen LogP contribution is -2.31. The molecule has 4 rings (SSSR count). The topological polar surface area (TPSA) is 66.1 Å². The zero-order chi connectivity index (χ0) is 17.4. The van der Waals surface area contributed by atoms with Crippen molar-refractivity contribution in [1.82, 2.24) is 14.9 Å². The van der Waals surface area contributed by atoms with E-state index in [4.69, 9.17) is 0 Å². The first-order chi connectivity index (χ1) is 12.1. The van der Waals surface area contributed by atoms with Crippen LogP contribution in [-0.2, 0) is 17.8 Å². The average molecular weight is 371 g/mol. The van der Waals surface area contributed by atoms with Gasteiger partial charge < -0.3 is 4.98 Å². The maximum atomic E-state index is 12.7. The van der Waals surface area contributed by atoms with Crippen LogP contribution in [0.25, 0.3) is 10.9 Å². The SMILES string of the molecule is Cc1ncsc1CCC1SC(=O)N(Cc2cccc3[nH]ccc23)C1=O. The van der Waals surface area contributed by atoms with E-state index in [9.17, 15) is 9.59 Å². The van der Waals surface area contributed by atoms with Crippen LogP contribution in [0.15, 0.2) is 36.0 Å². The molecule has 0 bridgehead atoms. The van der Waals surface area contributed by atoms with E-state index in [-0.39, 0.29) is 16.4 Å². The number of aryl methyl sites for hydroxylation is 2. The molecule has 25 heavy (non-hydrogen) atoms. The van der Waals surface area contributed by atoms with E-state index in [0.29, 0.717) is 13.0 Å². The predicted molar refractivity (Wildman–Crippen MR) is 101 cm³/mol. The summed E-state index contributed by atoms with van der Waals surface area (Å²) < 4.78 is 0. The lowest BCUT2D eigenvalue weighted by molar-refractivity contribution is -0.127. The van der Waals surface area contributed by atoms with Gasteiger partial charge in [0.05, 0.1) is 23.0 Å². The van der Waals surface area contributed by atoms with Gasteiger partial charge in [-0.1, -0.05) is 23.9 Å². The molecule has 5 nitrogen and oxygen atoms in total. The molecular weight excluding hydrogens is 354 g/mol. The highest BCUT2D eigenvalue weighted by Crippen LogP contribution is 2.33. The highest BCUT2D eigenvalue weighted by Gasteiger charge is 2.39. The Hall–Kier alpha value is -2.12. The minimum absolute atomic E-state index is 0.0790. The van der Waals surface area contributed by atoms with Crippen molar-refractivity contribution in [3.05, 3.63) is 52.1 Å². The minimum atomic E-state index is -0.292. The van der Waals surface area contributed by atoms with Crippen molar-refractivity contribution < 1.29 is 9.59 Å². The highest BCUT2D eigenvalue weighted by atomic mass is 32.2. The first-order valence-corrected chi connectivity index (χ1v) is 9.85. The number of H-pyrrole nitrogens is 1. The second-order valence-corrected chi connectivity index (χ2v) is 8.15. The summed E-state index contributed by atoms with van der Waals surface area (Å²) in [5, 5.41) is 0.611. The Balaban J connectivity index is 1.48. The Labute approximate surface area is 153 Å². The largest absolute Gasteiger partial charge is 0.361 e. The summed E-state index contributed by atoms with van der Waals surface area (Å²) in [5.41, 5.74) is 4.84. The summed E-state index contributed by atoms with van der Waals surface area (Å²) in [6, 6.07) is 7.88. The fraction of sp³-hybridized carbons (Fsp3) is 0.278. The number of carbonyl (C=O) groups excluding carboxylic acids is 2. The molecule has 1 atom stereocenters. The second kappa shape index (κ2) is 6.65. The van der Waals surface area contributed by atoms with Crippen LogP contribution >= 0.6 is 23.1 Å². The van der Waals surface area contributed by atoms with Crippen molar-refractivity contribution in [2.24, 2.45) is 0 Å². The summed E-state index contributed by atoms with van der Waals surface area (Å²) >= 11 is 2.76. The lowest BCUT2D eigenvalue weighted by Gasteiger charge is -2.14. The Bertz CT molecular complexity index is 947. The fourth-order valence-corrected chi connectivity index (χ4v) is 4.90. The average Bonchev–Trinajstić information content (AvgIpc) is 3.29. The van der Waals surface area contributed by atoms with Crippen LogP contribution in [0, 0.1) is 6.92 Å². The number of aromatic amines is 1.